The van der Waals surface area contributed by atoms with E-state index in [1.807, 2.05) is 6.07 Å². The number of nitriles is 1. The molecule has 0 aromatic carbocycles. The molecule has 0 atom stereocenters. The Morgan fingerprint density at radius 3 is 2.77 bits per heavy atom. The smallest absolute Gasteiger partial charge is 0.410 e. The molecule has 0 radical (unpaired) electrons. The summed E-state index contributed by atoms with van der Waals surface area (Å²) >= 11 is 5.50. The number of carbonyl (C=O) groups excluding carboxylic acids is 1. The van der Waals surface area contributed by atoms with Crippen LogP contribution >= 0.6 is 11.6 Å². The summed E-state index contributed by atoms with van der Waals surface area (Å²) in [5, 5.41) is 8.69. The van der Waals surface area contributed by atoms with Crippen molar-refractivity contribution in [3.63, 3.8) is 0 Å². The van der Waals surface area contributed by atoms with E-state index < -0.39 is 6.09 Å². The fourth-order valence-electron chi connectivity index (χ4n) is 0.692. The van der Waals surface area contributed by atoms with Gasteiger partial charge in [0, 0.05) is 5.03 Å². The second-order valence-electron chi connectivity index (χ2n) is 2.23. The minimum Gasteiger partial charge on any atom is -0.450 e. The monoisotopic (exact) mass is 202 g/mol. The number of hydrogen-bond donors (Lipinski definition) is 0. The highest BCUT2D eigenvalue weighted by Gasteiger charge is 2.13. The molecule has 0 bridgehead atoms. The molecular weight excluding hydrogens is 192 g/mol. The maximum Gasteiger partial charge on any atom is 0.410 e. The second-order valence-corrected chi connectivity index (χ2v) is 2.76. The maximum atomic E-state index is 11.1. The Labute approximate surface area is 82.3 Å². The molecule has 0 spiro atoms. The van der Waals surface area contributed by atoms with Crippen molar-refractivity contribution in [3.05, 3.63) is 11.6 Å². The van der Waals surface area contributed by atoms with Crippen molar-refractivity contribution in [2.24, 2.45) is 0 Å². The summed E-state index contributed by atoms with van der Waals surface area (Å²) in [4.78, 5) is 12.3. The van der Waals surface area contributed by atoms with Crippen LogP contribution in [0.5, 0.6) is 0 Å². The predicted octanol–water partition coefficient (Wildman–Crippen LogP) is 1.72. The molecule has 0 rings (SSSR count). The molecule has 0 aliphatic carbocycles. The van der Waals surface area contributed by atoms with Gasteiger partial charge in [-0.3, -0.25) is 4.90 Å². The molecule has 0 aliphatic rings. The fourth-order valence-corrected chi connectivity index (χ4v) is 0.836. The van der Waals surface area contributed by atoms with Crippen LogP contribution < -0.4 is 0 Å². The predicted molar refractivity (Wildman–Crippen MR) is 49.2 cm³/mol. The number of halogens is 1. The molecule has 0 heterocycles. The lowest BCUT2D eigenvalue weighted by atomic mass is 10.5. The van der Waals surface area contributed by atoms with E-state index in [4.69, 9.17) is 21.6 Å². The van der Waals surface area contributed by atoms with E-state index in [1.54, 1.807) is 6.92 Å². The molecule has 1 amide bonds. The lowest BCUT2D eigenvalue weighted by molar-refractivity contribution is 0.115. The third-order valence-electron chi connectivity index (χ3n) is 1.15. The quantitative estimate of drug-likeness (QED) is 0.653. The van der Waals surface area contributed by atoms with Crippen LogP contribution in [0, 0.1) is 11.3 Å². The van der Waals surface area contributed by atoms with Crippen molar-refractivity contribution in [1.82, 2.24) is 4.90 Å². The zero-order valence-electron chi connectivity index (χ0n) is 7.42. The molecule has 4 nitrogen and oxygen atoms in total. The van der Waals surface area contributed by atoms with Gasteiger partial charge in [0.25, 0.3) is 0 Å². The normalized spacial score (nSPS) is 8.69. The summed E-state index contributed by atoms with van der Waals surface area (Å²) < 4.78 is 4.69. The second kappa shape index (κ2) is 6.32. The molecule has 0 saturated carbocycles. The van der Waals surface area contributed by atoms with E-state index >= 15 is 0 Å². The van der Waals surface area contributed by atoms with Gasteiger partial charge >= 0.3 is 6.09 Å². The Morgan fingerprint density at radius 1 is 1.77 bits per heavy atom. The van der Waals surface area contributed by atoms with E-state index in [9.17, 15) is 4.79 Å². The van der Waals surface area contributed by atoms with Gasteiger partial charge in [-0.1, -0.05) is 18.2 Å². The van der Waals surface area contributed by atoms with Crippen LogP contribution in [-0.4, -0.2) is 30.7 Å². The van der Waals surface area contributed by atoms with Crippen molar-refractivity contribution >= 4 is 17.7 Å². The van der Waals surface area contributed by atoms with E-state index in [2.05, 4.69) is 6.58 Å². The van der Waals surface area contributed by atoms with Crippen LogP contribution in [0.1, 0.15) is 6.92 Å². The fraction of sp³-hybridized carbons (Fsp3) is 0.500. The van der Waals surface area contributed by atoms with Crippen molar-refractivity contribution < 1.29 is 9.53 Å². The number of hydrogen-bond acceptors (Lipinski definition) is 3. The zero-order valence-corrected chi connectivity index (χ0v) is 8.17. The first kappa shape index (κ1) is 11.8. The Morgan fingerprint density at radius 2 is 2.38 bits per heavy atom. The van der Waals surface area contributed by atoms with Crippen molar-refractivity contribution in [1.29, 1.82) is 5.26 Å². The number of nitrogens with zero attached hydrogens (tertiary/aromatic N) is 2. The number of ether oxygens (including phenoxy) is 1. The highest BCUT2D eigenvalue weighted by Crippen LogP contribution is 2.02. The molecule has 0 saturated heterocycles. The topological polar surface area (TPSA) is 53.3 Å². The summed E-state index contributed by atoms with van der Waals surface area (Å²) in [6.45, 7) is 5.47. The van der Waals surface area contributed by atoms with E-state index in [1.165, 1.54) is 4.90 Å². The molecular formula is C8H11ClN2O2. The van der Waals surface area contributed by atoms with Crippen LogP contribution in [-0.2, 0) is 4.74 Å². The number of rotatable bonds is 4. The van der Waals surface area contributed by atoms with Crippen molar-refractivity contribution in [3.8, 4) is 6.07 Å². The minimum atomic E-state index is -0.550. The third kappa shape index (κ3) is 5.10. The van der Waals surface area contributed by atoms with Gasteiger partial charge in [-0.2, -0.15) is 5.26 Å². The van der Waals surface area contributed by atoms with E-state index in [0.717, 1.165) is 0 Å². The summed E-state index contributed by atoms with van der Waals surface area (Å²) in [6.07, 6.45) is -0.550. The first-order valence-corrected chi connectivity index (χ1v) is 4.11. The first-order chi connectivity index (χ1) is 6.11. The van der Waals surface area contributed by atoms with Gasteiger partial charge in [-0.15, -0.1) is 0 Å². The van der Waals surface area contributed by atoms with Gasteiger partial charge in [0.1, 0.15) is 6.54 Å². The zero-order chi connectivity index (χ0) is 10.3. The van der Waals surface area contributed by atoms with Gasteiger partial charge in [0.2, 0.25) is 0 Å². The molecule has 72 valence electrons. The molecule has 5 heteroatoms. The lowest BCUT2D eigenvalue weighted by Crippen LogP contribution is -2.32. The third-order valence-corrected chi connectivity index (χ3v) is 1.27. The van der Waals surface area contributed by atoms with Gasteiger partial charge < -0.3 is 4.74 Å². The number of amides is 1. The van der Waals surface area contributed by atoms with Gasteiger partial charge in [-0.05, 0) is 6.92 Å². The van der Waals surface area contributed by atoms with Crippen LogP contribution in [0.2, 0.25) is 0 Å². The van der Waals surface area contributed by atoms with Crippen LogP contribution in [0.4, 0.5) is 4.79 Å². The van der Waals surface area contributed by atoms with Crippen LogP contribution in [0.3, 0.4) is 0 Å². The van der Waals surface area contributed by atoms with Gasteiger partial charge in [0.05, 0.1) is 19.2 Å². The molecule has 0 aliphatic heterocycles. The Kier molecular flexibility index (Phi) is 5.73. The molecule has 0 aromatic rings. The van der Waals surface area contributed by atoms with Crippen LogP contribution in [0.15, 0.2) is 11.6 Å². The van der Waals surface area contributed by atoms with E-state index in [-0.39, 0.29) is 19.7 Å². The lowest BCUT2D eigenvalue weighted by Gasteiger charge is -2.17. The summed E-state index contributed by atoms with van der Waals surface area (Å²) in [5.41, 5.74) is 0. The highest BCUT2D eigenvalue weighted by atomic mass is 35.5. The molecule has 0 N–H and O–H groups in total. The molecule has 0 aromatic heterocycles. The largest absolute Gasteiger partial charge is 0.450 e. The molecule has 13 heavy (non-hydrogen) atoms. The van der Waals surface area contributed by atoms with Crippen molar-refractivity contribution in [2.75, 3.05) is 19.7 Å². The Balaban J connectivity index is 4.16. The Hall–Kier alpha value is -1.21. The SMILES string of the molecule is C=C(Cl)CN(CC#N)C(=O)OCC. The Bertz CT molecular complexity index is 235. The highest BCUT2D eigenvalue weighted by molar-refractivity contribution is 6.29. The average molecular weight is 203 g/mol. The average Bonchev–Trinajstić information content (AvgIpc) is 2.03. The minimum absolute atomic E-state index is 0.0510. The summed E-state index contributed by atoms with van der Waals surface area (Å²) in [7, 11) is 0. The van der Waals surface area contributed by atoms with Crippen molar-refractivity contribution in [2.45, 2.75) is 6.92 Å². The standard InChI is InChI=1S/C8H11ClN2O2/c1-3-13-8(12)11(5-4-10)6-7(2)9/h2-3,5-6H2,1H3. The molecule has 0 unspecified atom stereocenters. The van der Waals surface area contributed by atoms with Gasteiger partial charge in [0.15, 0.2) is 0 Å². The number of carbonyl (C=O) groups is 1. The first-order valence-electron chi connectivity index (χ1n) is 3.73. The maximum absolute atomic E-state index is 11.1. The van der Waals surface area contributed by atoms with Crippen LogP contribution in [0.25, 0.3) is 0 Å². The van der Waals surface area contributed by atoms with E-state index in [0.29, 0.717) is 5.03 Å². The summed E-state index contributed by atoms with van der Waals surface area (Å²) in [6, 6.07) is 1.84. The van der Waals surface area contributed by atoms with Gasteiger partial charge in [-0.25, -0.2) is 4.79 Å². The summed E-state index contributed by atoms with van der Waals surface area (Å²) in [5.74, 6) is 0. The molecule has 0 fully saturated rings.